The van der Waals surface area contributed by atoms with Gasteiger partial charge in [0.1, 0.15) is 0 Å². The number of hydrogen-bond acceptors (Lipinski definition) is 3. The number of allylic oxidation sites excluding steroid dienone is 1. The van der Waals surface area contributed by atoms with Crippen LogP contribution < -0.4 is 4.72 Å². The third-order valence-corrected chi connectivity index (χ3v) is 5.72. The summed E-state index contributed by atoms with van der Waals surface area (Å²) < 4.78 is 28.1. The minimum Gasteiger partial charge on any atom is -0.391 e. The highest BCUT2D eigenvalue weighted by molar-refractivity contribution is 7.89. The van der Waals surface area contributed by atoms with Gasteiger partial charge in [-0.2, -0.15) is 0 Å². The van der Waals surface area contributed by atoms with Crippen LogP contribution in [0.3, 0.4) is 0 Å². The highest BCUT2D eigenvalue weighted by atomic mass is 32.2. The van der Waals surface area contributed by atoms with Gasteiger partial charge < -0.3 is 5.11 Å². The minimum absolute atomic E-state index is 0.207. The molecular weight excluding hydrogens is 322 g/mol. The van der Waals surface area contributed by atoms with Crippen molar-refractivity contribution in [2.24, 2.45) is 0 Å². The maximum absolute atomic E-state index is 12.7. The summed E-state index contributed by atoms with van der Waals surface area (Å²) in [5.74, 6) is 0. The first kappa shape index (κ1) is 16.9. The van der Waals surface area contributed by atoms with E-state index in [1.807, 2.05) is 43.3 Å². The Morgan fingerprint density at radius 3 is 2.38 bits per heavy atom. The average molecular weight is 343 g/mol. The third kappa shape index (κ3) is 3.59. The molecule has 0 aliphatic heterocycles. The predicted octanol–water partition coefficient (Wildman–Crippen LogP) is 2.88. The number of benzene rings is 2. The van der Waals surface area contributed by atoms with Crippen LogP contribution in [0.25, 0.3) is 5.57 Å². The zero-order valence-electron chi connectivity index (χ0n) is 13.5. The topological polar surface area (TPSA) is 66.4 Å². The number of nitrogens with one attached hydrogen (secondary N) is 1. The van der Waals surface area contributed by atoms with Crippen LogP contribution >= 0.6 is 0 Å². The molecule has 0 fully saturated rings. The second-order valence-corrected chi connectivity index (χ2v) is 7.80. The standard InChI is InChI=1S/C19H21NO3S/c1-14-10-12-16(13-11-14)24(22,23)20-19-17(8-5-9-18(19)21)15-6-3-2-4-7-15/h2-4,6-8,10-13,18-21H,5,9H2,1H3/t18-,19-/m0/s1. The molecule has 0 radical (unpaired) electrons. The molecule has 4 nitrogen and oxygen atoms in total. The van der Waals surface area contributed by atoms with E-state index in [0.717, 1.165) is 23.1 Å². The van der Waals surface area contributed by atoms with Gasteiger partial charge in [0.05, 0.1) is 17.0 Å². The maximum Gasteiger partial charge on any atom is 0.241 e. The fourth-order valence-corrected chi connectivity index (χ4v) is 4.18. The van der Waals surface area contributed by atoms with Crippen LogP contribution in [0.4, 0.5) is 0 Å². The van der Waals surface area contributed by atoms with Crippen molar-refractivity contribution < 1.29 is 13.5 Å². The van der Waals surface area contributed by atoms with E-state index in [-0.39, 0.29) is 4.90 Å². The number of aliphatic hydroxyl groups excluding tert-OH is 1. The average Bonchev–Trinajstić information content (AvgIpc) is 2.58. The van der Waals surface area contributed by atoms with E-state index in [4.69, 9.17) is 0 Å². The second-order valence-electron chi connectivity index (χ2n) is 6.08. The summed E-state index contributed by atoms with van der Waals surface area (Å²) in [6.07, 6.45) is 2.53. The van der Waals surface area contributed by atoms with Gasteiger partial charge in [-0.3, -0.25) is 0 Å². The highest BCUT2D eigenvalue weighted by Gasteiger charge is 2.31. The van der Waals surface area contributed by atoms with Crippen molar-refractivity contribution in [1.29, 1.82) is 0 Å². The molecule has 0 aromatic heterocycles. The third-order valence-electron chi connectivity index (χ3n) is 4.27. The first-order valence-corrected chi connectivity index (χ1v) is 9.48. The lowest BCUT2D eigenvalue weighted by Gasteiger charge is -2.30. The van der Waals surface area contributed by atoms with Gasteiger partial charge in [-0.1, -0.05) is 54.1 Å². The summed E-state index contributed by atoms with van der Waals surface area (Å²) in [7, 11) is -3.70. The van der Waals surface area contributed by atoms with Crippen molar-refractivity contribution in [1.82, 2.24) is 4.72 Å². The Morgan fingerprint density at radius 2 is 1.71 bits per heavy atom. The molecule has 2 N–H and O–H groups in total. The molecule has 0 bridgehead atoms. The summed E-state index contributed by atoms with van der Waals surface area (Å²) in [5, 5.41) is 10.4. The fraction of sp³-hybridized carbons (Fsp3) is 0.263. The molecule has 2 aromatic carbocycles. The van der Waals surface area contributed by atoms with Crippen LogP contribution in [0, 0.1) is 6.92 Å². The van der Waals surface area contributed by atoms with E-state index in [1.165, 1.54) is 0 Å². The van der Waals surface area contributed by atoms with Crippen LogP contribution in [0.15, 0.2) is 65.6 Å². The fourth-order valence-electron chi connectivity index (χ4n) is 2.93. The lowest BCUT2D eigenvalue weighted by Crippen LogP contribution is -2.45. The molecule has 1 aliphatic carbocycles. The quantitative estimate of drug-likeness (QED) is 0.897. The molecular formula is C19H21NO3S. The molecule has 0 amide bonds. The van der Waals surface area contributed by atoms with Crippen LogP contribution in [0.5, 0.6) is 0 Å². The first-order valence-electron chi connectivity index (χ1n) is 8.00. The predicted molar refractivity (Wildman–Crippen MR) is 94.9 cm³/mol. The summed E-state index contributed by atoms with van der Waals surface area (Å²) in [5.41, 5.74) is 2.74. The SMILES string of the molecule is Cc1ccc(S(=O)(=O)N[C@H]2C(c3ccccc3)=CCC[C@@H]2O)cc1. The van der Waals surface area contributed by atoms with Crippen molar-refractivity contribution in [3.8, 4) is 0 Å². The summed E-state index contributed by atoms with van der Waals surface area (Å²) in [6, 6.07) is 15.6. The Hall–Kier alpha value is -1.95. The number of sulfonamides is 1. The van der Waals surface area contributed by atoms with Gasteiger partial charge in [0.2, 0.25) is 10.0 Å². The van der Waals surface area contributed by atoms with Gasteiger partial charge >= 0.3 is 0 Å². The van der Waals surface area contributed by atoms with Crippen molar-refractivity contribution >= 4 is 15.6 Å². The number of hydrogen-bond donors (Lipinski definition) is 2. The van der Waals surface area contributed by atoms with Crippen LogP contribution in [-0.4, -0.2) is 25.7 Å². The smallest absolute Gasteiger partial charge is 0.241 e. The van der Waals surface area contributed by atoms with Crippen molar-refractivity contribution in [3.05, 3.63) is 71.8 Å². The number of rotatable bonds is 4. The lowest BCUT2D eigenvalue weighted by molar-refractivity contribution is 0.144. The Morgan fingerprint density at radius 1 is 1.04 bits per heavy atom. The van der Waals surface area contributed by atoms with E-state index < -0.39 is 22.2 Å². The van der Waals surface area contributed by atoms with Gasteiger partial charge in [-0.15, -0.1) is 0 Å². The normalized spacial score (nSPS) is 21.3. The molecule has 0 heterocycles. The maximum atomic E-state index is 12.7. The molecule has 24 heavy (non-hydrogen) atoms. The molecule has 0 spiro atoms. The molecule has 126 valence electrons. The van der Waals surface area contributed by atoms with Crippen LogP contribution in [-0.2, 0) is 10.0 Å². The van der Waals surface area contributed by atoms with Crippen LogP contribution in [0.1, 0.15) is 24.0 Å². The van der Waals surface area contributed by atoms with Gasteiger partial charge in [-0.05, 0) is 43.0 Å². The van der Waals surface area contributed by atoms with Gasteiger partial charge in [0.25, 0.3) is 0 Å². The van der Waals surface area contributed by atoms with Crippen LogP contribution in [0.2, 0.25) is 0 Å². The first-order chi connectivity index (χ1) is 11.5. The van der Waals surface area contributed by atoms with E-state index in [1.54, 1.807) is 24.3 Å². The molecule has 0 saturated heterocycles. The van der Waals surface area contributed by atoms with Crippen molar-refractivity contribution in [2.45, 2.75) is 36.8 Å². The number of aliphatic hydroxyl groups is 1. The van der Waals surface area contributed by atoms with E-state index in [0.29, 0.717) is 6.42 Å². The number of aryl methyl sites for hydroxylation is 1. The zero-order chi connectivity index (χ0) is 17.2. The molecule has 2 atom stereocenters. The summed E-state index contributed by atoms with van der Waals surface area (Å²) >= 11 is 0. The van der Waals surface area contributed by atoms with E-state index >= 15 is 0 Å². The second kappa shape index (κ2) is 6.89. The molecule has 2 aromatic rings. The monoisotopic (exact) mass is 343 g/mol. The van der Waals surface area contributed by atoms with E-state index in [9.17, 15) is 13.5 Å². The highest BCUT2D eigenvalue weighted by Crippen LogP contribution is 2.29. The van der Waals surface area contributed by atoms with E-state index in [2.05, 4.69) is 4.72 Å². The summed E-state index contributed by atoms with van der Waals surface area (Å²) in [4.78, 5) is 0.207. The van der Waals surface area contributed by atoms with Gasteiger partial charge in [0.15, 0.2) is 0 Å². The van der Waals surface area contributed by atoms with Crippen molar-refractivity contribution in [2.75, 3.05) is 0 Å². The Kier molecular flexibility index (Phi) is 4.85. The van der Waals surface area contributed by atoms with Gasteiger partial charge in [-0.25, -0.2) is 13.1 Å². The Labute approximate surface area is 142 Å². The Balaban J connectivity index is 1.92. The lowest BCUT2D eigenvalue weighted by atomic mass is 9.88. The molecule has 1 aliphatic rings. The Bertz CT molecular complexity index is 827. The molecule has 3 rings (SSSR count). The molecule has 5 heteroatoms. The zero-order valence-corrected chi connectivity index (χ0v) is 14.3. The summed E-state index contributed by atoms with van der Waals surface area (Å²) in [6.45, 7) is 1.91. The van der Waals surface area contributed by atoms with Crippen molar-refractivity contribution in [3.63, 3.8) is 0 Å². The van der Waals surface area contributed by atoms with Gasteiger partial charge in [0, 0.05) is 0 Å². The largest absolute Gasteiger partial charge is 0.391 e. The minimum atomic E-state index is -3.70. The molecule has 0 saturated carbocycles. The molecule has 0 unspecified atom stereocenters.